The SMILES string of the molecule is NC(=O)COc1cccc(NC(=O)c2ccccc2F)c1. The maximum absolute atomic E-state index is 13.5. The molecule has 0 aromatic heterocycles. The minimum atomic E-state index is -0.601. The van der Waals surface area contributed by atoms with Crippen molar-refractivity contribution in [1.82, 2.24) is 0 Å². The molecule has 21 heavy (non-hydrogen) atoms. The molecule has 0 atom stereocenters. The summed E-state index contributed by atoms with van der Waals surface area (Å²) in [5.74, 6) is -1.40. The van der Waals surface area contributed by atoms with E-state index in [9.17, 15) is 14.0 Å². The second-order valence-corrected chi connectivity index (χ2v) is 4.22. The van der Waals surface area contributed by atoms with Gasteiger partial charge in [0.15, 0.2) is 6.61 Å². The van der Waals surface area contributed by atoms with Crippen LogP contribution >= 0.6 is 0 Å². The summed E-state index contributed by atoms with van der Waals surface area (Å²) in [7, 11) is 0. The molecule has 0 saturated heterocycles. The summed E-state index contributed by atoms with van der Waals surface area (Å²) in [6.07, 6.45) is 0. The number of anilines is 1. The molecule has 3 N–H and O–H groups in total. The Hall–Kier alpha value is -2.89. The number of primary amides is 1. The van der Waals surface area contributed by atoms with Crippen LogP contribution in [-0.4, -0.2) is 18.4 Å². The van der Waals surface area contributed by atoms with Crippen molar-refractivity contribution in [2.24, 2.45) is 5.73 Å². The molecule has 0 fully saturated rings. The number of rotatable bonds is 5. The number of hydrogen-bond acceptors (Lipinski definition) is 3. The fourth-order valence-electron chi connectivity index (χ4n) is 1.66. The Morgan fingerprint density at radius 3 is 2.62 bits per heavy atom. The Kier molecular flexibility index (Phi) is 4.50. The second kappa shape index (κ2) is 6.51. The quantitative estimate of drug-likeness (QED) is 0.882. The minimum Gasteiger partial charge on any atom is -0.484 e. The topological polar surface area (TPSA) is 81.4 Å². The first-order valence-electron chi connectivity index (χ1n) is 6.13. The van der Waals surface area contributed by atoms with Crippen molar-refractivity contribution in [3.63, 3.8) is 0 Å². The van der Waals surface area contributed by atoms with Crippen LogP contribution in [0.25, 0.3) is 0 Å². The Labute approximate surface area is 120 Å². The maximum Gasteiger partial charge on any atom is 0.258 e. The fraction of sp³-hybridized carbons (Fsp3) is 0.0667. The van der Waals surface area contributed by atoms with Gasteiger partial charge < -0.3 is 15.8 Å². The number of nitrogens with one attached hydrogen (secondary N) is 1. The molecule has 0 spiro atoms. The number of carbonyl (C=O) groups is 2. The van der Waals surface area contributed by atoms with Crippen LogP contribution in [0.5, 0.6) is 5.75 Å². The molecule has 2 aromatic rings. The number of nitrogens with two attached hydrogens (primary N) is 1. The van der Waals surface area contributed by atoms with Crippen molar-refractivity contribution < 1.29 is 18.7 Å². The molecule has 0 aliphatic rings. The summed E-state index contributed by atoms with van der Waals surface area (Å²) in [4.78, 5) is 22.6. The molecular formula is C15H13FN2O3. The van der Waals surface area contributed by atoms with Crippen molar-refractivity contribution in [2.45, 2.75) is 0 Å². The zero-order valence-corrected chi connectivity index (χ0v) is 11.0. The van der Waals surface area contributed by atoms with Crippen LogP contribution in [0.2, 0.25) is 0 Å². The van der Waals surface area contributed by atoms with E-state index in [1.807, 2.05) is 0 Å². The molecule has 2 amide bonds. The molecule has 0 saturated carbocycles. The lowest BCUT2D eigenvalue weighted by Crippen LogP contribution is -2.20. The number of amides is 2. The third-order valence-electron chi connectivity index (χ3n) is 2.59. The summed E-state index contributed by atoms with van der Waals surface area (Å²) in [5, 5.41) is 2.55. The molecule has 2 aromatic carbocycles. The van der Waals surface area contributed by atoms with Gasteiger partial charge in [-0.15, -0.1) is 0 Å². The lowest BCUT2D eigenvalue weighted by Gasteiger charge is -2.08. The normalized spacial score (nSPS) is 9.95. The molecular weight excluding hydrogens is 275 g/mol. The van der Waals surface area contributed by atoms with Crippen molar-refractivity contribution in [2.75, 3.05) is 11.9 Å². The van der Waals surface area contributed by atoms with E-state index in [0.717, 1.165) is 0 Å². The van der Waals surface area contributed by atoms with E-state index in [-0.39, 0.29) is 12.2 Å². The van der Waals surface area contributed by atoms with Crippen LogP contribution in [0.3, 0.4) is 0 Å². The molecule has 6 heteroatoms. The smallest absolute Gasteiger partial charge is 0.258 e. The molecule has 108 valence electrons. The van der Waals surface area contributed by atoms with Crippen LogP contribution in [0.1, 0.15) is 10.4 Å². The van der Waals surface area contributed by atoms with Gasteiger partial charge in [0, 0.05) is 11.8 Å². The van der Waals surface area contributed by atoms with E-state index >= 15 is 0 Å². The van der Waals surface area contributed by atoms with Gasteiger partial charge in [0.1, 0.15) is 11.6 Å². The van der Waals surface area contributed by atoms with Crippen molar-refractivity contribution in [3.8, 4) is 5.75 Å². The summed E-state index contributed by atoms with van der Waals surface area (Å²) in [6.45, 7) is -0.259. The van der Waals surface area contributed by atoms with E-state index in [0.29, 0.717) is 11.4 Å². The number of ether oxygens (including phenoxy) is 1. The summed E-state index contributed by atoms with van der Waals surface area (Å²) in [6, 6.07) is 12.1. The molecule has 0 aliphatic heterocycles. The highest BCUT2D eigenvalue weighted by Gasteiger charge is 2.11. The first-order chi connectivity index (χ1) is 10.1. The van der Waals surface area contributed by atoms with Gasteiger partial charge in [0.25, 0.3) is 11.8 Å². The Morgan fingerprint density at radius 2 is 1.90 bits per heavy atom. The first kappa shape index (κ1) is 14.5. The lowest BCUT2D eigenvalue weighted by molar-refractivity contribution is -0.119. The predicted octanol–water partition coefficient (Wildman–Crippen LogP) is 1.94. The van der Waals surface area contributed by atoms with Crippen LogP contribution in [-0.2, 0) is 4.79 Å². The first-order valence-corrected chi connectivity index (χ1v) is 6.13. The largest absolute Gasteiger partial charge is 0.484 e. The Bertz CT molecular complexity index is 673. The van der Waals surface area contributed by atoms with E-state index in [1.165, 1.54) is 24.3 Å². The second-order valence-electron chi connectivity index (χ2n) is 4.22. The van der Waals surface area contributed by atoms with E-state index in [1.54, 1.807) is 24.3 Å². The average molecular weight is 288 g/mol. The van der Waals surface area contributed by atoms with Crippen LogP contribution in [0.15, 0.2) is 48.5 Å². The molecule has 0 aliphatic carbocycles. The number of halogens is 1. The van der Waals surface area contributed by atoms with E-state index in [4.69, 9.17) is 10.5 Å². The minimum absolute atomic E-state index is 0.0547. The molecule has 2 rings (SSSR count). The highest BCUT2D eigenvalue weighted by atomic mass is 19.1. The van der Waals surface area contributed by atoms with Crippen LogP contribution < -0.4 is 15.8 Å². The zero-order valence-electron chi connectivity index (χ0n) is 11.0. The number of hydrogen-bond donors (Lipinski definition) is 2. The van der Waals surface area contributed by atoms with Gasteiger partial charge >= 0.3 is 0 Å². The number of benzene rings is 2. The van der Waals surface area contributed by atoms with E-state index < -0.39 is 17.6 Å². The van der Waals surface area contributed by atoms with Crippen LogP contribution in [0.4, 0.5) is 10.1 Å². The zero-order chi connectivity index (χ0) is 15.2. The van der Waals surface area contributed by atoms with Gasteiger partial charge in [-0.2, -0.15) is 0 Å². The van der Waals surface area contributed by atoms with E-state index in [2.05, 4.69) is 5.32 Å². The van der Waals surface area contributed by atoms with Gasteiger partial charge in [-0.05, 0) is 24.3 Å². The maximum atomic E-state index is 13.5. The monoisotopic (exact) mass is 288 g/mol. The molecule has 0 bridgehead atoms. The van der Waals surface area contributed by atoms with Crippen LogP contribution in [0, 0.1) is 5.82 Å². The highest BCUT2D eigenvalue weighted by Crippen LogP contribution is 2.18. The highest BCUT2D eigenvalue weighted by molar-refractivity contribution is 6.04. The summed E-state index contributed by atoms with van der Waals surface area (Å²) in [5.41, 5.74) is 5.34. The summed E-state index contributed by atoms with van der Waals surface area (Å²) < 4.78 is 18.6. The van der Waals surface area contributed by atoms with Crippen molar-refractivity contribution >= 4 is 17.5 Å². The Morgan fingerprint density at radius 1 is 1.14 bits per heavy atom. The van der Waals surface area contributed by atoms with Gasteiger partial charge in [-0.1, -0.05) is 18.2 Å². The van der Waals surface area contributed by atoms with Gasteiger partial charge in [0.2, 0.25) is 0 Å². The lowest BCUT2D eigenvalue weighted by atomic mass is 10.2. The fourth-order valence-corrected chi connectivity index (χ4v) is 1.66. The molecule has 0 unspecified atom stereocenters. The third-order valence-corrected chi connectivity index (χ3v) is 2.59. The third kappa shape index (κ3) is 4.04. The predicted molar refractivity (Wildman–Crippen MR) is 75.5 cm³/mol. The molecule has 0 heterocycles. The Balaban J connectivity index is 2.09. The molecule has 0 radical (unpaired) electrons. The average Bonchev–Trinajstić information content (AvgIpc) is 2.46. The van der Waals surface area contributed by atoms with Crippen molar-refractivity contribution in [1.29, 1.82) is 0 Å². The van der Waals surface area contributed by atoms with Gasteiger partial charge in [-0.25, -0.2) is 4.39 Å². The standard InChI is InChI=1S/C15H13FN2O3/c16-13-7-2-1-6-12(13)15(20)18-10-4-3-5-11(8-10)21-9-14(17)19/h1-8H,9H2,(H2,17,19)(H,18,20). The number of carbonyl (C=O) groups excluding carboxylic acids is 2. The molecule has 5 nitrogen and oxygen atoms in total. The van der Waals surface area contributed by atoms with Crippen molar-refractivity contribution in [3.05, 3.63) is 59.9 Å². The van der Waals surface area contributed by atoms with Gasteiger partial charge in [0.05, 0.1) is 5.56 Å². The van der Waals surface area contributed by atoms with Gasteiger partial charge in [-0.3, -0.25) is 9.59 Å². The summed E-state index contributed by atoms with van der Waals surface area (Å²) >= 11 is 0.